The van der Waals surface area contributed by atoms with E-state index in [1.54, 1.807) is 11.8 Å². The summed E-state index contributed by atoms with van der Waals surface area (Å²) in [7, 11) is 0. The summed E-state index contributed by atoms with van der Waals surface area (Å²) >= 11 is 2.22. The summed E-state index contributed by atoms with van der Waals surface area (Å²) in [5.74, 6) is -0.0636. The molecule has 1 fully saturated rings. The van der Waals surface area contributed by atoms with Gasteiger partial charge in [-0.2, -0.15) is 0 Å². The number of halogens is 1. The van der Waals surface area contributed by atoms with Gasteiger partial charge < -0.3 is 5.32 Å². The Morgan fingerprint density at radius 3 is 2.57 bits per heavy atom. The second-order valence-corrected chi connectivity index (χ2v) is 7.26. The lowest BCUT2D eigenvalue weighted by Gasteiger charge is -2.45. The molecule has 21 heavy (non-hydrogen) atoms. The smallest absolute Gasteiger partial charge is 0.253 e. The number of carbonyl (C=O) groups excluding carboxylic acids is 2. The van der Waals surface area contributed by atoms with Crippen molar-refractivity contribution in [2.24, 2.45) is 5.92 Å². The maximum absolute atomic E-state index is 13.0. The Hall–Kier alpha value is -1.11. The molecule has 0 aliphatic carbocycles. The van der Waals surface area contributed by atoms with E-state index in [4.69, 9.17) is 0 Å². The van der Waals surface area contributed by atoms with Gasteiger partial charge in [-0.3, -0.25) is 14.5 Å². The largest absolute Gasteiger partial charge is 0.340 e. The summed E-state index contributed by atoms with van der Waals surface area (Å²) < 4.78 is 1.05. The Morgan fingerprint density at radius 2 is 2.05 bits per heavy atom. The van der Waals surface area contributed by atoms with E-state index in [1.165, 1.54) is 0 Å². The van der Waals surface area contributed by atoms with E-state index in [0.717, 1.165) is 9.26 Å². The summed E-state index contributed by atoms with van der Waals surface area (Å²) in [4.78, 5) is 27.2. The van der Waals surface area contributed by atoms with E-state index >= 15 is 0 Å². The van der Waals surface area contributed by atoms with Crippen LogP contribution in [0.1, 0.15) is 34.1 Å². The Morgan fingerprint density at radius 1 is 1.38 bits per heavy atom. The second kappa shape index (κ2) is 5.94. The fraction of sp³-hybridized carbons (Fsp3) is 0.500. The van der Waals surface area contributed by atoms with Crippen LogP contribution in [0.2, 0.25) is 0 Å². The van der Waals surface area contributed by atoms with Crippen LogP contribution in [0.25, 0.3) is 0 Å². The molecule has 0 saturated carbocycles. The first kappa shape index (κ1) is 16.3. The Kier molecular flexibility index (Phi) is 4.60. The van der Waals surface area contributed by atoms with Crippen molar-refractivity contribution < 1.29 is 9.59 Å². The van der Waals surface area contributed by atoms with Crippen LogP contribution in [0.3, 0.4) is 0 Å². The summed E-state index contributed by atoms with van der Waals surface area (Å²) in [5.41, 5.74) is -0.0378. The maximum atomic E-state index is 13.0. The minimum atomic E-state index is -0.830. The summed E-state index contributed by atoms with van der Waals surface area (Å²) in [6.45, 7) is 7.64. The predicted octanol–water partition coefficient (Wildman–Crippen LogP) is 2.95. The first-order valence-electron chi connectivity index (χ1n) is 7.21. The number of hydrogen-bond donors (Lipinski definition) is 1. The van der Waals surface area contributed by atoms with Crippen molar-refractivity contribution in [1.29, 1.82) is 0 Å². The van der Waals surface area contributed by atoms with Crippen molar-refractivity contribution in [2.75, 3.05) is 4.90 Å². The van der Waals surface area contributed by atoms with Gasteiger partial charge in [0.2, 0.25) is 5.91 Å². The van der Waals surface area contributed by atoms with Crippen LogP contribution < -0.4 is 10.2 Å². The molecule has 1 saturated heterocycles. The molecule has 1 N–H and O–H groups in total. The standard InChI is InChI=1S/C16H21IN2O2/c1-5-16(4)15(21)19(12-8-6-7-11(17)9-12)13(10(2)3)14(20)18-16/h6-10,13H,5H2,1-4H3,(H,18,20). The molecule has 1 aromatic carbocycles. The van der Waals surface area contributed by atoms with Gasteiger partial charge in [0.15, 0.2) is 0 Å². The second-order valence-electron chi connectivity index (χ2n) is 6.02. The third kappa shape index (κ3) is 2.93. The number of amides is 2. The number of anilines is 1. The lowest BCUT2D eigenvalue weighted by atomic mass is 9.88. The number of rotatable bonds is 3. The quantitative estimate of drug-likeness (QED) is 0.794. The van der Waals surface area contributed by atoms with Gasteiger partial charge in [-0.15, -0.1) is 0 Å². The van der Waals surface area contributed by atoms with Crippen molar-refractivity contribution >= 4 is 40.1 Å². The highest BCUT2D eigenvalue weighted by Gasteiger charge is 2.48. The van der Waals surface area contributed by atoms with Gasteiger partial charge in [-0.05, 0) is 60.1 Å². The van der Waals surface area contributed by atoms with Gasteiger partial charge >= 0.3 is 0 Å². The molecule has 1 aliphatic heterocycles. The van der Waals surface area contributed by atoms with E-state index < -0.39 is 11.6 Å². The fourth-order valence-corrected chi connectivity index (χ4v) is 3.18. The zero-order chi connectivity index (χ0) is 15.8. The highest BCUT2D eigenvalue weighted by molar-refractivity contribution is 14.1. The fourth-order valence-electron chi connectivity index (χ4n) is 2.65. The third-order valence-corrected chi connectivity index (χ3v) is 4.73. The van der Waals surface area contributed by atoms with Gasteiger partial charge in [-0.1, -0.05) is 26.8 Å². The average molecular weight is 400 g/mol. The third-order valence-electron chi connectivity index (χ3n) is 4.06. The minimum absolute atomic E-state index is 0.0368. The van der Waals surface area contributed by atoms with Gasteiger partial charge in [0, 0.05) is 9.26 Å². The summed E-state index contributed by atoms with van der Waals surface area (Å²) in [5, 5.41) is 2.91. The zero-order valence-electron chi connectivity index (χ0n) is 12.8. The van der Waals surface area contributed by atoms with Crippen molar-refractivity contribution in [3.05, 3.63) is 27.8 Å². The Balaban J connectivity index is 2.54. The van der Waals surface area contributed by atoms with E-state index in [1.807, 2.05) is 45.0 Å². The molecule has 2 unspecified atom stereocenters. The lowest BCUT2D eigenvalue weighted by molar-refractivity contribution is -0.138. The number of nitrogens with one attached hydrogen (secondary N) is 1. The van der Waals surface area contributed by atoms with Gasteiger partial charge in [0.1, 0.15) is 11.6 Å². The number of benzene rings is 1. The summed E-state index contributed by atoms with van der Waals surface area (Å²) in [6, 6.07) is 7.27. The van der Waals surface area contributed by atoms with Gasteiger partial charge in [0.25, 0.3) is 5.91 Å². The molecular weight excluding hydrogens is 379 g/mol. The maximum Gasteiger partial charge on any atom is 0.253 e. The highest BCUT2D eigenvalue weighted by atomic mass is 127. The van der Waals surface area contributed by atoms with Gasteiger partial charge in [-0.25, -0.2) is 0 Å². The number of carbonyl (C=O) groups is 2. The summed E-state index contributed by atoms with van der Waals surface area (Å²) in [6.07, 6.45) is 0.572. The number of piperazine rings is 1. The van der Waals surface area contributed by atoms with Crippen LogP contribution in [-0.2, 0) is 9.59 Å². The molecule has 0 bridgehead atoms. The molecule has 114 valence electrons. The molecule has 4 nitrogen and oxygen atoms in total. The van der Waals surface area contributed by atoms with Crippen LogP contribution in [0.4, 0.5) is 5.69 Å². The van der Waals surface area contributed by atoms with Crippen LogP contribution in [0.15, 0.2) is 24.3 Å². The minimum Gasteiger partial charge on any atom is -0.340 e. The topological polar surface area (TPSA) is 49.4 Å². The first-order chi connectivity index (χ1) is 9.80. The Labute approximate surface area is 139 Å². The van der Waals surface area contributed by atoms with E-state index in [0.29, 0.717) is 6.42 Å². The van der Waals surface area contributed by atoms with E-state index in [-0.39, 0.29) is 17.7 Å². The van der Waals surface area contributed by atoms with Crippen molar-refractivity contribution in [1.82, 2.24) is 5.32 Å². The molecule has 0 radical (unpaired) electrons. The molecule has 1 aliphatic rings. The molecular formula is C16H21IN2O2. The number of hydrogen-bond acceptors (Lipinski definition) is 2. The molecule has 0 aromatic heterocycles. The molecule has 0 spiro atoms. The lowest BCUT2D eigenvalue weighted by Crippen LogP contribution is -2.70. The van der Waals surface area contributed by atoms with Crippen LogP contribution in [-0.4, -0.2) is 23.4 Å². The van der Waals surface area contributed by atoms with Crippen molar-refractivity contribution in [3.8, 4) is 0 Å². The van der Waals surface area contributed by atoms with E-state index in [2.05, 4.69) is 27.9 Å². The Bertz CT molecular complexity index is 573. The molecule has 2 amide bonds. The van der Waals surface area contributed by atoms with Crippen molar-refractivity contribution in [2.45, 2.75) is 45.7 Å². The predicted molar refractivity (Wildman–Crippen MR) is 92.1 cm³/mol. The van der Waals surface area contributed by atoms with Crippen LogP contribution in [0, 0.1) is 9.49 Å². The SMILES string of the molecule is CCC1(C)NC(=O)C(C(C)C)N(c2cccc(I)c2)C1=O. The molecule has 2 atom stereocenters. The normalized spacial score (nSPS) is 26.2. The van der Waals surface area contributed by atoms with Crippen LogP contribution in [0.5, 0.6) is 0 Å². The molecule has 2 rings (SSSR count). The number of nitrogens with zero attached hydrogens (tertiary/aromatic N) is 1. The van der Waals surface area contributed by atoms with Gasteiger partial charge in [0.05, 0.1) is 0 Å². The molecule has 5 heteroatoms. The first-order valence-corrected chi connectivity index (χ1v) is 8.29. The molecule has 1 aromatic rings. The van der Waals surface area contributed by atoms with Crippen molar-refractivity contribution in [3.63, 3.8) is 0 Å². The average Bonchev–Trinajstić information content (AvgIpc) is 2.42. The zero-order valence-corrected chi connectivity index (χ0v) is 15.0. The monoisotopic (exact) mass is 400 g/mol. The van der Waals surface area contributed by atoms with Crippen LogP contribution >= 0.6 is 22.6 Å². The highest BCUT2D eigenvalue weighted by Crippen LogP contribution is 2.30. The molecule has 1 heterocycles. The van der Waals surface area contributed by atoms with E-state index in [9.17, 15) is 9.59 Å².